The molecule has 0 spiro atoms. The highest BCUT2D eigenvalue weighted by Gasteiger charge is 2.35. The van der Waals surface area contributed by atoms with E-state index in [4.69, 9.17) is 10.4 Å². The number of aliphatic carboxylic acids is 1. The van der Waals surface area contributed by atoms with Crippen molar-refractivity contribution >= 4 is 12.0 Å². The Kier molecular flexibility index (Phi) is 4.76. The van der Waals surface area contributed by atoms with E-state index in [1.807, 2.05) is 13.0 Å². The molecule has 1 heterocycles. The maximum Gasteiger partial charge on any atom is 0.326 e. The Hall–Kier alpha value is -1.77. The predicted octanol–water partition coefficient (Wildman–Crippen LogP) is 0.891. The van der Waals surface area contributed by atoms with Crippen LogP contribution < -0.4 is 0 Å². The fourth-order valence-corrected chi connectivity index (χ4v) is 2.01. The summed E-state index contributed by atoms with van der Waals surface area (Å²) < 4.78 is 0. The number of carboxylic acid groups (broad SMARTS) is 1. The minimum absolute atomic E-state index is 0.269. The summed E-state index contributed by atoms with van der Waals surface area (Å²) in [6, 6.07) is 1.00. The van der Waals surface area contributed by atoms with Crippen LogP contribution >= 0.6 is 0 Å². The second-order valence-corrected chi connectivity index (χ2v) is 3.96. The Balaban J connectivity index is 2.67. The molecule has 94 valence electrons. The van der Waals surface area contributed by atoms with Gasteiger partial charge in [-0.1, -0.05) is 0 Å². The molecule has 0 aromatic carbocycles. The monoisotopic (exact) mass is 239 g/mol. The molecule has 6 heteroatoms. The second kappa shape index (κ2) is 6.09. The molecule has 1 fully saturated rings. The van der Waals surface area contributed by atoms with Gasteiger partial charge in [0.15, 0.2) is 0 Å². The quantitative estimate of drug-likeness (QED) is 0.789. The molecule has 0 bridgehead atoms. The number of amides is 2. The van der Waals surface area contributed by atoms with Crippen molar-refractivity contribution in [3.8, 4) is 6.07 Å². The SMILES string of the molecule is CCN(CCC#N)C(=O)N1CCC[C@H]1C(=O)O. The van der Waals surface area contributed by atoms with E-state index in [0.717, 1.165) is 6.42 Å². The van der Waals surface area contributed by atoms with Crippen molar-refractivity contribution in [3.63, 3.8) is 0 Å². The molecule has 17 heavy (non-hydrogen) atoms. The molecule has 0 aliphatic carbocycles. The zero-order valence-electron chi connectivity index (χ0n) is 9.93. The maximum atomic E-state index is 12.1. The third-order valence-electron chi connectivity index (χ3n) is 2.93. The normalized spacial score (nSPS) is 18.8. The van der Waals surface area contributed by atoms with Gasteiger partial charge in [0.25, 0.3) is 0 Å². The highest BCUT2D eigenvalue weighted by atomic mass is 16.4. The summed E-state index contributed by atoms with van der Waals surface area (Å²) in [6.45, 7) is 3.15. The van der Waals surface area contributed by atoms with Gasteiger partial charge in [-0.3, -0.25) is 0 Å². The number of rotatable bonds is 4. The molecule has 0 unspecified atom stereocenters. The number of carboxylic acids is 1. The van der Waals surface area contributed by atoms with Crippen LogP contribution in [0.5, 0.6) is 0 Å². The lowest BCUT2D eigenvalue weighted by atomic mass is 10.2. The number of hydrogen-bond donors (Lipinski definition) is 1. The topological polar surface area (TPSA) is 84.6 Å². The fraction of sp³-hybridized carbons (Fsp3) is 0.727. The van der Waals surface area contributed by atoms with E-state index < -0.39 is 12.0 Å². The van der Waals surface area contributed by atoms with Gasteiger partial charge in [-0.25, -0.2) is 9.59 Å². The van der Waals surface area contributed by atoms with E-state index in [-0.39, 0.29) is 12.5 Å². The Morgan fingerprint density at radius 2 is 2.29 bits per heavy atom. The van der Waals surface area contributed by atoms with Gasteiger partial charge in [-0.05, 0) is 19.8 Å². The molecule has 1 saturated heterocycles. The number of nitriles is 1. The van der Waals surface area contributed by atoms with Crippen molar-refractivity contribution in [2.24, 2.45) is 0 Å². The average molecular weight is 239 g/mol. The van der Waals surface area contributed by atoms with Gasteiger partial charge in [0.1, 0.15) is 6.04 Å². The Labute approximate surface area is 100 Å². The van der Waals surface area contributed by atoms with E-state index in [2.05, 4.69) is 0 Å². The minimum Gasteiger partial charge on any atom is -0.480 e. The zero-order chi connectivity index (χ0) is 12.8. The van der Waals surface area contributed by atoms with Crippen LogP contribution in [0.2, 0.25) is 0 Å². The Bertz CT molecular complexity index is 337. The zero-order valence-corrected chi connectivity index (χ0v) is 9.93. The van der Waals surface area contributed by atoms with E-state index in [9.17, 15) is 9.59 Å². The van der Waals surface area contributed by atoms with Gasteiger partial charge in [0.2, 0.25) is 0 Å². The number of carbonyl (C=O) groups is 2. The van der Waals surface area contributed by atoms with E-state index in [0.29, 0.717) is 26.1 Å². The van der Waals surface area contributed by atoms with E-state index in [1.165, 1.54) is 9.80 Å². The van der Waals surface area contributed by atoms with Gasteiger partial charge in [-0.15, -0.1) is 0 Å². The third-order valence-corrected chi connectivity index (χ3v) is 2.93. The first-order valence-corrected chi connectivity index (χ1v) is 5.77. The summed E-state index contributed by atoms with van der Waals surface area (Å²) in [5, 5.41) is 17.5. The summed E-state index contributed by atoms with van der Waals surface area (Å²) in [5.74, 6) is -0.952. The fourth-order valence-electron chi connectivity index (χ4n) is 2.01. The molecule has 0 radical (unpaired) electrons. The van der Waals surface area contributed by atoms with Gasteiger partial charge in [0, 0.05) is 19.6 Å². The molecular formula is C11H17N3O3. The van der Waals surface area contributed by atoms with Crippen molar-refractivity contribution in [2.75, 3.05) is 19.6 Å². The molecule has 0 aromatic rings. The van der Waals surface area contributed by atoms with Crippen LogP contribution in [0.4, 0.5) is 4.79 Å². The lowest BCUT2D eigenvalue weighted by Crippen LogP contribution is -2.48. The summed E-state index contributed by atoms with van der Waals surface area (Å²) >= 11 is 0. The van der Waals surface area contributed by atoms with Crippen LogP contribution in [-0.2, 0) is 4.79 Å². The average Bonchev–Trinajstić information content (AvgIpc) is 2.78. The standard InChI is InChI=1S/C11H17N3O3/c1-2-13(7-4-6-12)11(17)14-8-3-5-9(14)10(15)16/h9H,2-5,7-8H2,1H3,(H,15,16)/t9-/m0/s1. The first-order valence-electron chi connectivity index (χ1n) is 5.77. The second-order valence-electron chi connectivity index (χ2n) is 3.96. The Morgan fingerprint density at radius 3 is 2.82 bits per heavy atom. The molecule has 1 aliphatic rings. The number of urea groups is 1. The van der Waals surface area contributed by atoms with Crippen LogP contribution in [0.15, 0.2) is 0 Å². The number of carbonyl (C=O) groups excluding carboxylic acids is 1. The van der Waals surface area contributed by atoms with E-state index >= 15 is 0 Å². The van der Waals surface area contributed by atoms with Gasteiger partial charge in [-0.2, -0.15) is 5.26 Å². The molecule has 6 nitrogen and oxygen atoms in total. The van der Waals surface area contributed by atoms with Crippen molar-refractivity contribution in [3.05, 3.63) is 0 Å². The molecule has 0 saturated carbocycles. The van der Waals surface area contributed by atoms with Crippen LogP contribution in [0.3, 0.4) is 0 Å². The predicted molar refractivity (Wildman–Crippen MR) is 60.2 cm³/mol. The Morgan fingerprint density at radius 1 is 1.59 bits per heavy atom. The number of hydrogen-bond acceptors (Lipinski definition) is 3. The molecule has 1 rings (SSSR count). The molecule has 2 amide bonds. The lowest BCUT2D eigenvalue weighted by molar-refractivity contribution is -0.141. The summed E-state index contributed by atoms with van der Waals surface area (Å²) in [5.41, 5.74) is 0. The summed E-state index contributed by atoms with van der Waals surface area (Å²) in [4.78, 5) is 26.0. The van der Waals surface area contributed by atoms with Crippen molar-refractivity contribution in [1.29, 1.82) is 5.26 Å². The van der Waals surface area contributed by atoms with Crippen molar-refractivity contribution in [1.82, 2.24) is 9.80 Å². The number of nitrogens with zero attached hydrogens (tertiary/aromatic N) is 3. The van der Waals surface area contributed by atoms with Crippen LogP contribution in [-0.4, -0.2) is 52.6 Å². The first-order chi connectivity index (χ1) is 8.11. The van der Waals surface area contributed by atoms with Gasteiger partial charge in [0.05, 0.1) is 12.5 Å². The lowest BCUT2D eigenvalue weighted by Gasteiger charge is -2.29. The van der Waals surface area contributed by atoms with Crippen molar-refractivity contribution < 1.29 is 14.7 Å². The first kappa shape index (κ1) is 13.3. The van der Waals surface area contributed by atoms with Crippen LogP contribution in [0, 0.1) is 11.3 Å². The van der Waals surface area contributed by atoms with Crippen LogP contribution in [0.25, 0.3) is 0 Å². The molecular weight excluding hydrogens is 222 g/mol. The highest BCUT2D eigenvalue weighted by Crippen LogP contribution is 2.19. The van der Waals surface area contributed by atoms with Gasteiger partial charge < -0.3 is 14.9 Å². The molecule has 1 N–H and O–H groups in total. The molecule has 1 atom stereocenters. The number of likely N-dealkylation sites (tertiary alicyclic amines) is 1. The van der Waals surface area contributed by atoms with Crippen LogP contribution in [0.1, 0.15) is 26.2 Å². The minimum atomic E-state index is -0.952. The summed E-state index contributed by atoms with van der Waals surface area (Å²) in [6.07, 6.45) is 1.50. The largest absolute Gasteiger partial charge is 0.480 e. The maximum absolute atomic E-state index is 12.1. The van der Waals surface area contributed by atoms with Crippen molar-refractivity contribution in [2.45, 2.75) is 32.2 Å². The summed E-state index contributed by atoms with van der Waals surface area (Å²) in [7, 11) is 0. The smallest absolute Gasteiger partial charge is 0.326 e. The molecule has 0 aromatic heterocycles. The highest BCUT2D eigenvalue weighted by molar-refractivity contribution is 5.83. The third kappa shape index (κ3) is 3.09. The van der Waals surface area contributed by atoms with Gasteiger partial charge >= 0.3 is 12.0 Å². The molecule has 1 aliphatic heterocycles. The van der Waals surface area contributed by atoms with E-state index in [1.54, 1.807) is 0 Å².